The highest BCUT2D eigenvalue weighted by Crippen LogP contribution is 2.68. The summed E-state index contributed by atoms with van der Waals surface area (Å²) in [5.41, 5.74) is -0.480. The van der Waals surface area contributed by atoms with Gasteiger partial charge in [-0.05, 0) is 74.0 Å². The van der Waals surface area contributed by atoms with Crippen molar-refractivity contribution < 1.29 is 19.4 Å². The number of allylic oxidation sites excluding steroid dienone is 1. The molecule has 4 fully saturated rings. The van der Waals surface area contributed by atoms with Gasteiger partial charge in [0.2, 0.25) is 0 Å². The molecule has 28 heavy (non-hydrogen) atoms. The number of ether oxygens (including phenoxy) is 1. The lowest BCUT2D eigenvalue weighted by Crippen LogP contribution is -2.56. The van der Waals surface area contributed by atoms with Gasteiger partial charge in [-0.3, -0.25) is 9.59 Å². The second-order valence-corrected chi connectivity index (χ2v) is 10.2. The molecule has 0 aliphatic heterocycles. The summed E-state index contributed by atoms with van der Waals surface area (Å²) in [6.07, 6.45) is 14.3. The Morgan fingerprint density at radius 3 is 2.61 bits per heavy atom. The van der Waals surface area contributed by atoms with E-state index in [2.05, 4.69) is 19.8 Å². The Bertz CT molecular complexity index is 776. The number of hydrogen-bond donors (Lipinski definition) is 1. The third-order valence-electron chi connectivity index (χ3n) is 9.18. The second-order valence-electron chi connectivity index (χ2n) is 10.2. The maximum Gasteiger partial charge on any atom is 0.307 e. The average Bonchev–Trinajstić information content (AvgIpc) is 2.92. The van der Waals surface area contributed by atoms with Gasteiger partial charge < -0.3 is 9.84 Å². The number of esters is 1. The van der Waals surface area contributed by atoms with E-state index in [9.17, 15) is 14.7 Å². The van der Waals surface area contributed by atoms with Crippen molar-refractivity contribution in [3.8, 4) is 12.3 Å². The first-order valence-electron chi connectivity index (χ1n) is 10.7. The minimum absolute atomic E-state index is 0.0426. The standard InChI is InChI=1S/C24H32O4/c1-5-24(27)11-9-20-18-7-6-17-12-21(26)16(14-28-15(2)25)13-22(17,3)19(18)8-10-23(20,24)4/h1,14,17-20,27H,6-13H2,2-4H3/t17?,18-,19+,20+,22+,23+,24-/m1/s1. The summed E-state index contributed by atoms with van der Waals surface area (Å²) < 4.78 is 5.06. The summed E-state index contributed by atoms with van der Waals surface area (Å²) >= 11 is 0. The number of carbonyl (C=O) groups is 2. The van der Waals surface area contributed by atoms with Crippen molar-refractivity contribution in [2.24, 2.45) is 34.5 Å². The lowest BCUT2D eigenvalue weighted by atomic mass is 9.44. The summed E-state index contributed by atoms with van der Waals surface area (Å²) in [7, 11) is 0. The third-order valence-corrected chi connectivity index (χ3v) is 9.18. The van der Waals surface area contributed by atoms with Crippen molar-refractivity contribution in [2.75, 3.05) is 0 Å². The topological polar surface area (TPSA) is 63.6 Å². The maximum atomic E-state index is 12.6. The molecule has 4 aliphatic rings. The Hall–Kier alpha value is -1.60. The summed E-state index contributed by atoms with van der Waals surface area (Å²) in [5.74, 6) is 4.39. The van der Waals surface area contributed by atoms with Crippen LogP contribution in [0.25, 0.3) is 0 Å². The Morgan fingerprint density at radius 2 is 1.93 bits per heavy atom. The van der Waals surface area contributed by atoms with E-state index >= 15 is 0 Å². The molecule has 7 atom stereocenters. The highest BCUT2D eigenvalue weighted by molar-refractivity contribution is 5.96. The summed E-state index contributed by atoms with van der Waals surface area (Å²) in [6, 6.07) is 0. The van der Waals surface area contributed by atoms with E-state index < -0.39 is 5.60 Å². The van der Waals surface area contributed by atoms with Gasteiger partial charge in [-0.15, -0.1) is 6.42 Å². The highest BCUT2D eigenvalue weighted by atomic mass is 16.5. The predicted molar refractivity (Wildman–Crippen MR) is 106 cm³/mol. The van der Waals surface area contributed by atoms with Gasteiger partial charge >= 0.3 is 5.97 Å². The molecule has 4 rings (SSSR count). The van der Waals surface area contributed by atoms with Gasteiger partial charge in [0.25, 0.3) is 0 Å². The van der Waals surface area contributed by atoms with Crippen LogP contribution in [-0.2, 0) is 14.3 Å². The van der Waals surface area contributed by atoms with Crippen molar-refractivity contribution in [1.82, 2.24) is 0 Å². The Morgan fingerprint density at radius 1 is 1.21 bits per heavy atom. The molecular formula is C24H32O4. The maximum absolute atomic E-state index is 12.6. The van der Waals surface area contributed by atoms with Crippen LogP contribution in [0.2, 0.25) is 0 Å². The van der Waals surface area contributed by atoms with E-state index in [1.807, 2.05) is 0 Å². The molecular weight excluding hydrogens is 352 g/mol. The molecule has 0 amide bonds. The molecule has 1 N–H and O–H groups in total. The number of aliphatic hydroxyl groups is 1. The van der Waals surface area contributed by atoms with Crippen LogP contribution in [0, 0.1) is 46.8 Å². The Kier molecular flexibility index (Phi) is 4.54. The van der Waals surface area contributed by atoms with Gasteiger partial charge in [-0.25, -0.2) is 0 Å². The van der Waals surface area contributed by atoms with E-state index in [1.165, 1.54) is 13.2 Å². The van der Waals surface area contributed by atoms with Crippen LogP contribution in [0.15, 0.2) is 11.8 Å². The lowest BCUT2D eigenvalue weighted by molar-refractivity contribution is -0.141. The van der Waals surface area contributed by atoms with Crippen LogP contribution in [0.5, 0.6) is 0 Å². The number of ketones is 1. The minimum atomic E-state index is -0.983. The third kappa shape index (κ3) is 2.62. The van der Waals surface area contributed by atoms with Crippen molar-refractivity contribution in [3.05, 3.63) is 11.8 Å². The van der Waals surface area contributed by atoms with Gasteiger partial charge in [-0.2, -0.15) is 0 Å². The zero-order valence-electron chi connectivity index (χ0n) is 17.3. The summed E-state index contributed by atoms with van der Waals surface area (Å²) in [5, 5.41) is 11.1. The van der Waals surface area contributed by atoms with Gasteiger partial charge in [-0.1, -0.05) is 19.8 Å². The van der Waals surface area contributed by atoms with Crippen LogP contribution in [0.4, 0.5) is 0 Å². The van der Waals surface area contributed by atoms with Gasteiger partial charge in [0.15, 0.2) is 5.78 Å². The molecule has 0 aromatic rings. The number of rotatable bonds is 1. The molecule has 4 saturated carbocycles. The zero-order chi connectivity index (χ0) is 20.3. The van der Waals surface area contributed by atoms with Crippen LogP contribution in [0.3, 0.4) is 0 Å². The van der Waals surface area contributed by atoms with Gasteiger partial charge in [0, 0.05) is 24.3 Å². The molecule has 0 aromatic carbocycles. The normalized spacial score (nSPS) is 49.0. The minimum Gasteiger partial charge on any atom is -0.434 e. The van der Waals surface area contributed by atoms with Crippen molar-refractivity contribution >= 4 is 11.8 Å². The number of carbonyl (C=O) groups excluding carboxylic acids is 2. The molecule has 0 spiro atoms. The van der Waals surface area contributed by atoms with E-state index in [4.69, 9.17) is 11.2 Å². The van der Waals surface area contributed by atoms with Gasteiger partial charge in [0.1, 0.15) is 11.9 Å². The smallest absolute Gasteiger partial charge is 0.307 e. The zero-order valence-corrected chi connectivity index (χ0v) is 17.3. The SMILES string of the molecule is C#C[C@@]1(O)CC[C@H]2[C@@H]3CCC4CC(=O)C(=COC(C)=O)C[C@]4(C)[C@H]3CC[C@@]21C. The number of Topliss-reactive ketones (excluding diaryl/α,β-unsaturated/α-hetero) is 1. The second kappa shape index (κ2) is 6.46. The number of fused-ring (bicyclic) bond motifs is 5. The Balaban J connectivity index is 1.63. The first-order chi connectivity index (χ1) is 13.1. The summed E-state index contributed by atoms with van der Waals surface area (Å²) in [4.78, 5) is 23.8. The van der Waals surface area contributed by atoms with Crippen molar-refractivity contribution in [2.45, 2.75) is 77.7 Å². The average molecular weight is 385 g/mol. The first-order valence-corrected chi connectivity index (χ1v) is 10.7. The molecule has 0 aromatic heterocycles. The van der Waals surface area contributed by atoms with Crippen LogP contribution in [0.1, 0.15) is 72.1 Å². The molecule has 0 bridgehead atoms. The molecule has 4 nitrogen and oxygen atoms in total. The van der Waals surface area contributed by atoms with E-state index in [1.54, 1.807) is 0 Å². The van der Waals surface area contributed by atoms with Crippen LogP contribution in [-0.4, -0.2) is 22.5 Å². The summed E-state index contributed by atoms with van der Waals surface area (Å²) in [6.45, 7) is 5.90. The van der Waals surface area contributed by atoms with Gasteiger partial charge in [0.05, 0.1) is 0 Å². The first kappa shape index (κ1) is 19.7. The fraction of sp³-hybridized carbons (Fsp3) is 0.750. The molecule has 0 radical (unpaired) electrons. The largest absolute Gasteiger partial charge is 0.434 e. The predicted octanol–water partition coefficient (Wildman–Crippen LogP) is 4.02. The number of terminal acetylenes is 1. The lowest BCUT2D eigenvalue weighted by Gasteiger charge is -2.60. The van der Waals surface area contributed by atoms with E-state index in [0.29, 0.717) is 48.5 Å². The van der Waals surface area contributed by atoms with Crippen LogP contribution < -0.4 is 0 Å². The molecule has 4 heteroatoms. The molecule has 0 saturated heterocycles. The Labute approximate surface area is 168 Å². The molecule has 0 heterocycles. The van der Waals surface area contributed by atoms with Crippen molar-refractivity contribution in [1.29, 1.82) is 0 Å². The number of hydrogen-bond acceptors (Lipinski definition) is 4. The molecule has 152 valence electrons. The van der Waals surface area contributed by atoms with E-state index in [-0.39, 0.29) is 22.6 Å². The highest BCUT2D eigenvalue weighted by Gasteiger charge is 2.64. The monoisotopic (exact) mass is 384 g/mol. The quantitative estimate of drug-likeness (QED) is 0.321. The molecule has 1 unspecified atom stereocenters. The fourth-order valence-electron chi connectivity index (χ4n) is 7.52. The fourth-order valence-corrected chi connectivity index (χ4v) is 7.52. The molecule has 4 aliphatic carbocycles. The van der Waals surface area contributed by atoms with E-state index in [0.717, 1.165) is 32.1 Å². The van der Waals surface area contributed by atoms with Crippen molar-refractivity contribution in [3.63, 3.8) is 0 Å². The van der Waals surface area contributed by atoms with Crippen LogP contribution >= 0.6 is 0 Å².